The molecule has 0 bridgehead atoms. The molecule has 0 radical (unpaired) electrons. The minimum Gasteiger partial charge on any atom is -0.497 e. The van der Waals surface area contributed by atoms with Crippen molar-refractivity contribution in [1.82, 2.24) is 5.43 Å². The molecule has 0 aromatic heterocycles. The normalized spacial score (nSPS) is 10.4. The first-order chi connectivity index (χ1) is 12.0. The lowest BCUT2D eigenvalue weighted by molar-refractivity contribution is -0.136. The molecule has 7 nitrogen and oxygen atoms in total. The Balaban J connectivity index is 1.97. The van der Waals surface area contributed by atoms with E-state index >= 15 is 0 Å². The van der Waals surface area contributed by atoms with Crippen molar-refractivity contribution < 1.29 is 19.1 Å². The lowest BCUT2D eigenvalue weighted by atomic mass is 10.2. The molecule has 0 saturated carbocycles. The number of methoxy groups -OCH3 is 2. The number of nitrogens with zero attached hydrogens (tertiary/aromatic N) is 1. The SMILES string of the molecule is COc1cccc(NC(=O)C(=O)N/N=C\c2cc(Cl)ccc2OC)c1. The zero-order chi connectivity index (χ0) is 18.2. The van der Waals surface area contributed by atoms with Crippen LogP contribution >= 0.6 is 11.6 Å². The molecule has 2 rings (SSSR count). The number of hydrogen-bond donors (Lipinski definition) is 2. The smallest absolute Gasteiger partial charge is 0.329 e. The van der Waals surface area contributed by atoms with Crippen LogP contribution < -0.4 is 20.2 Å². The number of anilines is 1. The van der Waals surface area contributed by atoms with Gasteiger partial charge in [-0.3, -0.25) is 9.59 Å². The molecule has 2 amide bonds. The van der Waals surface area contributed by atoms with Crippen molar-refractivity contribution in [2.75, 3.05) is 19.5 Å². The number of ether oxygens (including phenoxy) is 2. The Labute approximate surface area is 149 Å². The van der Waals surface area contributed by atoms with Gasteiger partial charge in [0, 0.05) is 22.3 Å². The van der Waals surface area contributed by atoms with Crippen molar-refractivity contribution >= 4 is 35.3 Å². The van der Waals surface area contributed by atoms with E-state index in [0.717, 1.165) is 0 Å². The Bertz CT molecular complexity index is 808. The molecule has 0 unspecified atom stereocenters. The van der Waals surface area contributed by atoms with Crippen molar-refractivity contribution in [2.24, 2.45) is 5.10 Å². The second kappa shape index (κ2) is 8.70. The maximum Gasteiger partial charge on any atom is 0.329 e. The summed E-state index contributed by atoms with van der Waals surface area (Å²) in [6, 6.07) is 11.6. The summed E-state index contributed by atoms with van der Waals surface area (Å²) in [5.41, 5.74) is 3.13. The highest BCUT2D eigenvalue weighted by Crippen LogP contribution is 2.20. The molecule has 2 aromatic carbocycles. The summed E-state index contributed by atoms with van der Waals surface area (Å²) in [5, 5.41) is 6.68. The first-order valence-corrected chi connectivity index (χ1v) is 7.53. The van der Waals surface area contributed by atoms with E-state index in [0.29, 0.717) is 27.8 Å². The molecule has 0 atom stereocenters. The van der Waals surface area contributed by atoms with Crippen molar-refractivity contribution in [2.45, 2.75) is 0 Å². The van der Waals surface area contributed by atoms with Gasteiger partial charge < -0.3 is 14.8 Å². The van der Waals surface area contributed by atoms with Gasteiger partial charge >= 0.3 is 11.8 Å². The van der Waals surface area contributed by atoms with Crippen LogP contribution in [0.4, 0.5) is 5.69 Å². The van der Waals surface area contributed by atoms with Crippen LogP contribution in [-0.2, 0) is 9.59 Å². The molecule has 0 spiro atoms. The van der Waals surface area contributed by atoms with E-state index in [1.54, 1.807) is 42.5 Å². The number of benzene rings is 2. The van der Waals surface area contributed by atoms with Crippen LogP contribution in [-0.4, -0.2) is 32.2 Å². The van der Waals surface area contributed by atoms with Gasteiger partial charge in [-0.1, -0.05) is 17.7 Å². The van der Waals surface area contributed by atoms with Gasteiger partial charge in [-0.05, 0) is 30.3 Å². The molecule has 0 aliphatic carbocycles. The maximum atomic E-state index is 11.8. The highest BCUT2D eigenvalue weighted by Gasteiger charge is 2.13. The van der Waals surface area contributed by atoms with Gasteiger partial charge in [-0.25, -0.2) is 5.43 Å². The van der Waals surface area contributed by atoms with Gasteiger partial charge in [-0.2, -0.15) is 5.10 Å². The van der Waals surface area contributed by atoms with Gasteiger partial charge in [0.15, 0.2) is 0 Å². The summed E-state index contributed by atoms with van der Waals surface area (Å²) in [7, 11) is 3.01. The maximum absolute atomic E-state index is 11.8. The molecule has 0 aliphatic heterocycles. The number of carbonyl (C=O) groups excluding carboxylic acids is 2. The Kier molecular flexibility index (Phi) is 6.36. The number of hydrogen-bond acceptors (Lipinski definition) is 5. The summed E-state index contributed by atoms with van der Waals surface area (Å²) in [6.45, 7) is 0. The van der Waals surface area contributed by atoms with Crippen molar-refractivity contribution in [1.29, 1.82) is 0 Å². The highest BCUT2D eigenvalue weighted by atomic mass is 35.5. The molecule has 0 fully saturated rings. The topological polar surface area (TPSA) is 89.0 Å². The number of hydrazone groups is 1. The van der Waals surface area contributed by atoms with Crippen LogP contribution in [0.15, 0.2) is 47.6 Å². The summed E-state index contributed by atoms with van der Waals surface area (Å²) < 4.78 is 10.2. The lowest BCUT2D eigenvalue weighted by Gasteiger charge is -2.06. The third-order valence-corrected chi connectivity index (χ3v) is 3.33. The molecule has 25 heavy (non-hydrogen) atoms. The zero-order valence-corrected chi connectivity index (χ0v) is 14.3. The molecule has 0 aliphatic rings. The van der Waals surface area contributed by atoms with Crippen LogP contribution in [0.1, 0.15) is 5.56 Å². The number of amides is 2. The quantitative estimate of drug-likeness (QED) is 0.486. The minimum atomic E-state index is -0.917. The first kappa shape index (κ1) is 18.3. The third kappa shape index (κ3) is 5.22. The molecule has 2 N–H and O–H groups in total. The Hall–Kier alpha value is -3.06. The van der Waals surface area contributed by atoms with Gasteiger partial charge in [0.2, 0.25) is 0 Å². The first-order valence-electron chi connectivity index (χ1n) is 7.15. The van der Waals surface area contributed by atoms with E-state index in [-0.39, 0.29) is 0 Å². The minimum absolute atomic E-state index is 0.431. The lowest BCUT2D eigenvalue weighted by Crippen LogP contribution is -2.32. The van der Waals surface area contributed by atoms with Crippen LogP contribution in [0.5, 0.6) is 11.5 Å². The highest BCUT2D eigenvalue weighted by molar-refractivity contribution is 6.39. The summed E-state index contributed by atoms with van der Waals surface area (Å²) in [6.07, 6.45) is 1.33. The van der Waals surface area contributed by atoms with Crippen LogP contribution in [0.2, 0.25) is 5.02 Å². The summed E-state index contributed by atoms with van der Waals surface area (Å²) in [5.74, 6) is -0.684. The molecule has 0 heterocycles. The van der Waals surface area contributed by atoms with Gasteiger partial charge in [-0.15, -0.1) is 0 Å². The van der Waals surface area contributed by atoms with E-state index in [1.165, 1.54) is 20.4 Å². The second-order valence-corrected chi connectivity index (χ2v) is 5.21. The fourth-order valence-electron chi connectivity index (χ4n) is 1.91. The van der Waals surface area contributed by atoms with E-state index in [4.69, 9.17) is 21.1 Å². The van der Waals surface area contributed by atoms with Gasteiger partial charge in [0.25, 0.3) is 0 Å². The van der Waals surface area contributed by atoms with Gasteiger partial charge in [0.05, 0.1) is 20.4 Å². The number of halogens is 1. The molecular formula is C17H16ClN3O4. The van der Waals surface area contributed by atoms with Crippen molar-refractivity contribution in [3.8, 4) is 11.5 Å². The molecule has 0 saturated heterocycles. The zero-order valence-electron chi connectivity index (χ0n) is 13.6. The molecule has 130 valence electrons. The summed E-state index contributed by atoms with van der Waals surface area (Å²) >= 11 is 5.90. The van der Waals surface area contributed by atoms with Crippen molar-refractivity contribution in [3.05, 3.63) is 53.1 Å². The Morgan fingerprint density at radius 2 is 1.88 bits per heavy atom. The predicted molar refractivity (Wildman–Crippen MR) is 95.4 cm³/mol. The second-order valence-electron chi connectivity index (χ2n) is 4.77. The standard InChI is InChI=1S/C17H16ClN3O4/c1-24-14-5-3-4-13(9-14)20-16(22)17(23)21-19-10-11-8-12(18)6-7-15(11)25-2/h3-10H,1-2H3,(H,20,22)(H,21,23)/b19-10-. The van der Waals surface area contributed by atoms with E-state index in [2.05, 4.69) is 15.8 Å². The van der Waals surface area contributed by atoms with E-state index in [1.807, 2.05) is 0 Å². The Morgan fingerprint density at radius 1 is 1.08 bits per heavy atom. The van der Waals surface area contributed by atoms with Crippen LogP contribution in [0, 0.1) is 0 Å². The molecule has 8 heteroatoms. The monoisotopic (exact) mass is 361 g/mol. The largest absolute Gasteiger partial charge is 0.497 e. The van der Waals surface area contributed by atoms with Gasteiger partial charge in [0.1, 0.15) is 11.5 Å². The van der Waals surface area contributed by atoms with E-state index < -0.39 is 11.8 Å². The fraction of sp³-hybridized carbons (Fsp3) is 0.118. The number of nitrogens with one attached hydrogen (secondary N) is 2. The van der Waals surface area contributed by atoms with Crippen molar-refractivity contribution in [3.63, 3.8) is 0 Å². The third-order valence-electron chi connectivity index (χ3n) is 3.10. The average molecular weight is 362 g/mol. The van der Waals surface area contributed by atoms with Crippen LogP contribution in [0.25, 0.3) is 0 Å². The fourth-order valence-corrected chi connectivity index (χ4v) is 2.09. The Morgan fingerprint density at radius 3 is 2.60 bits per heavy atom. The number of carbonyl (C=O) groups is 2. The van der Waals surface area contributed by atoms with E-state index in [9.17, 15) is 9.59 Å². The van der Waals surface area contributed by atoms with Crippen LogP contribution in [0.3, 0.4) is 0 Å². The average Bonchev–Trinajstić information content (AvgIpc) is 2.62. The molecule has 2 aromatic rings. The summed E-state index contributed by atoms with van der Waals surface area (Å²) in [4.78, 5) is 23.6. The molecular weight excluding hydrogens is 346 g/mol. The number of rotatable bonds is 5. The predicted octanol–water partition coefficient (Wildman–Crippen LogP) is 2.45.